The van der Waals surface area contributed by atoms with E-state index < -0.39 is 23.5 Å². The monoisotopic (exact) mass is 395 g/mol. The zero-order valence-electron chi connectivity index (χ0n) is 16.8. The second-order valence-corrected chi connectivity index (χ2v) is 7.47. The van der Waals surface area contributed by atoms with E-state index >= 15 is 0 Å². The van der Waals surface area contributed by atoms with E-state index in [4.69, 9.17) is 0 Å². The Morgan fingerprint density at radius 2 is 1.66 bits per heavy atom. The van der Waals surface area contributed by atoms with Crippen LogP contribution in [0.1, 0.15) is 55.3 Å². The second kappa shape index (κ2) is 9.03. The number of ketones is 1. The molecule has 4 nitrogen and oxygen atoms in total. The Hall–Kier alpha value is -2.95. The molecule has 0 saturated carbocycles. The lowest BCUT2D eigenvalue weighted by molar-refractivity contribution is -0.139. The van der Waals surface area contributed by atoms with Crippen molar-refractivity contribution in [1.29, 1.82) is 0 Å². The van der Waals surface area contributed by atoms with Crippen molar-refractivity contribution >= 4 is 17.4 Å². The van der Waals surface area contributed by atoms with Crippen molar-refractivity contribution in [1.82, 2.24) is 4.90 Å². The Balaban J connectivity index is 2.05. The number of aryl methyl sites for hydroxylation is 1. The number of carbonyl (C=O) groups is 2. The average molecular weight is 395 g/mol. The van der Waals surface area contributed by atoms with Crippen LogP contribution in [-0.4, -0.2) is 28.2 Å². The normalized spacial score (nSPS) is 18.4. The third-order valence-electron chi connectivity index (χ3n) is 5.30. The second-order valence-electron chi connectivity index (χ2n) is 7.47. The van der Waals surface area contributed by atoms with Gasteiger partial charge in [-0.15, -0.1) is 0 Å². The molecule has 0 radical (unpaired) electrons. The van der Waals surface area contributed by atoms with Gasteiger partial charge in [0.2, 0.25) is 0 Å². The summed E-state index contributed by atoms with van der Waals surface area (Å²) >= 11 is 0. The van der Waals surface area contributed by atoms with Crippen LogP contribution in [0.15, 0.2) is 54.1 Å². The first-order valence-corrected chi connectivity index (χ1v) is 10.0. The number of halogens is 1. The van der Waals surface area contributed by atoms with Crippen molar-refractivity contribution < 1.29 is 19.1 Å². The molecular formula is C24H26FNO3. The van der Waals surface area contributed by atoms with Gasteiger partial charge in [0.1, 0.15) is 11.6 Å². The van der Waals surface area contributed by atoms with Crippen molar-refractivity contribution in [2.75, 3.05) is 6.54 Å². The average Bonchev–Trinajstić information content (AvgIpc) is 2.96. The molecule has 1 fully saturated rings. The molecule has 3 rings (SSSR count). The minimum Gasteiger partial charge on any atom is -0.507 e. The van der Waals surface area contributed by atoms with Gasteiger partial charge in [0.15, 0.2) is 0 Å². The number of aliphatic hydroxyl groups is 1. The lowest BCUT2D eigenvalue weighted by atomic mass is 9.95. The standard InChI is InChI=1S/C24H26FNO3/c1-3-4-5-6-15-26-21(17-11-13-19(25)14-12-17)20(23(28)24(26)29)22(27)18-9-7-16(2)8-10-18/h7-14,21,27H,3-6,15H2,1-2H3/b22-20-. The summed E-state index contributed by atoms with van der Waals surface area (Å²) in [6.07, 6.45) is 3.83. The van der Waals surface area contributed by atoms with E-state index in [1.165, 1.54) is 17.0 Å². The Bertz CT molecular complexity index is 916. The van der Waals surface area contributed by atoms with E-state index in [0.29, 0.717) is 17.7 Å². The molecule has 152 valence electrons. The molecule has 0 aromatic heterocycles. The Labute approximate surface area is 170 Å². The van der Waals surface area contributed by atoms with Crippen LogP contribution >= 0.6 is 0 Å². The summed E-state index contributed by atoms with van der Waals surface area (Å²) in [5, 5.41) is 10.9. The zero-order valence-corrected chi connectivity index (χ0v) is 16.8. The van der Waals surface area contributed by atoms with Gasteiger partial charge in [-0.25, -0.2) is 4.39 Å². The van der Waals surface area contributed by atoms with Crippen LogP contribution in [0.4, 0.5) is 4.39 Å². The number of unbranched alkanes of at least 4 members (excludes halogenated alkanes) is 3. The summed E-state index contributed by atoms with van der Waals surface area (Å²) in [4.78, 5) is 27.1. The molecule has 1 saturated heterocycles. The fourth-order valence-electron chi connectivity index (χ4n) is 3.68. The van der Waals surface area contributed by atoms with Crippen LogP contribution < -0.4 is 0 Å². The van der Waals surface area contributed by atoms with E-state index in [0.717, 1.165) is 31.2 Å². The molecule has 0 aliphatic carbocycles. The molecule has 1 aliphatic heterocycles. The molecule has 1 atom stereocenters. The number of nitrogens with zero attached hydrogens (tertiary/aromatic N) is 1. The molecule has 1 heterocycles. The van der Waals surface area contributed by atoms with Crippen molar-refractivity contribution in [3.8, 4) is 0 Å². The minimum absolute atomic E-state index is 0.0564. The molecule has 0 spiro atoms. The van der Waals surface area contributed by atoms with E-state index in [2.05, 4.69) is 6.92 Å². The summed E-state index contributed by atoms with van der Waals surface area (Å²) in [6.45, 7) is 4.45. The largest absolute Gasteiger partial charge is 0.507 e. The molecule has 0 bridgehead atoms. The predicted molar refractivity (Wildman–Crippen MR) is 111 cm³/mol. The Morgan fingerprint density at radius 1 is 1.00 bits per heavy atom. The van der Waals surface area contributed by atoms with Gasteiger partial charge in [-0.05, 0) is 31.0 Å². The maximum atomic E-state index is 13.5. The highest BCUT2D eigenvalue weighted by Crippen LogP contribution is 2.39. The highest BCUT2D eigenvalue weighted by Gasteiger charge is 2.45. The Morgan fingerprint density at radius 3 is 2.28 bits per heavy atom. The van der Waals surface area contributed by atoms with Crippen LogP contribution in [0.3, 0.4) is 0 Å². The molecule has 5 heteroatoms. The first kappa shape index (κ1) is 20.8. The molecule has 2 aromatic rings. The zero-order chi connectivity index (χ0) is 21.0. The van der Waals surface area contributed by atoms with Crippen molar-refractivity contribution in [2.45, 2.75) is 45.6 Å². The van der Waals surface area contributed by atoms with Crippen LogP contribution in [0, 0.1) is 12.7 Å². The number of benzene rings is 2. The molecule has 1 aliphatic rings. The van der Waals surface area contributed by atoms with E-state index in [1.807, 2.05) is 19.1 Å². The topological polar surface area (TPSA) is 57.6 Å². The minimum atomic E-state index is -0.724. The number of carbonyl (C=O) groups excluding carboxylic acids is 2. The van der Waals surface area contributed by atoms with Gasteiger partial charge in [-0.3, -0.25) is 9.59 Å². The molecule has 1 amide bonds. The van der Waals surface area contributed by atoms with Crippen LogP contribution in [0.5, 0.6) is 0 Å². The van der Waals surface area contributed by atoms with E-state index in [1.54, 1.807) is 24.3 Å². The number of hydrogen-bond acceptors (Lipinski definition) is 3. The van der Waals surface area contributed by atoms with Crippen LogP contribution in [0.2, 0.25) is 0 Å². The number of aliphatic hydroxyl groups excluding tert-OH is 1. The highest BCUT2D eigenvalue weighted by molar-refractivity contribution is 6.46. The van der Waals surface area contributed by atoms with Gasteiger partial charge >= 0.3 is 0 Å². The van der Waals surface area contributed by atoms with E-state index in [9.17, 15) is 19.1 Å². The predicted octanol–water partition coefficient (Wildman–Crippen LogP) is 5.14. The van der Waals surface area contributed by atoms with Gasteiger partial charge in [0, 0.05) is 12.1 Å². The fourth-order valence-corrected chi connectivity index (χ4v) is 3.68. The number of Topliss-reactive ketones (excluding diaryl/α,β-unsaturated/α-hetero) is 1. The third-order valence-corrected chi connectivity index (χ3v) is 5.30. The summed E-state index contributed by atoms with van der Waals surface area (Å²) in [7, 11) is 0. The smallest absolute Gasteiger partial charge is 0.295 e. The van der Waals surface area contributed by atoms with Gasteiger partial charge in [-0.1, -0.05) is 68.1 Å². The summed E-state index contributed by atoms with van der Waals surface area (Å²) in [6, 6.07) is 12.1. The highest BCUT2D eigenvalue weighted by atomic mass is 19.1. The lowest BCUT2D eigenvalue weighted by Crippen LogP contribution is -2.30. The lowest BCUT2D eigenvalue weighted by Gasteiger charge is -2.25. The summed E-state index contributed by atoms with van der Waals surface area (Å²) < 4.78 is 13.5. The van der Waals surface area contributed by atoms with Crippen molar-refractivity contribution in [3.05, 3.63) is 76.6 Å². The van der Waals surface area contributed by atoms with Gasteiger partial charge in [-0.2, -0.15) is 0 Å². The number of amides is 1. The quantitative estimate of drug-likeness (QED) is 0.306. The number of likely N-dealkylation sites (tertiary alicyclic amines) is 1. The number of rotatable bonds is 7. The SMILES string of the molecule is CCCCCCN1C(=O)C(=O)/C(=C(\O)c2ccc(C)cc2)C1c1ccc(F)cc1. The summed E-state index contributed by atoms with van der Waals surface area (Å²) in [5.74, 6) is -1.92. The molecule has 1 unspecified atom stereocenters. The van der Waals surface area contributed by atoms with Crippen molar-refractivity contribution in [3.63, 3.8) is 0 Å². The van der Waals surface area contributed by atoms with Gasteiger partial charge in [0.25, 0.3) is 11.7 Å². The first-order valence-electron chi connectivity index (χ1n) is 10.0. The molecule has 29 heavy (non-hydrogen) atoms. The van der Waals surface area contributed by atoms with Crippen molar-refractivity contribution in [2.24, 2.45) is 0 Å². The third kappa shape index (κ3) is 4.39. The van der Waals surface area contributed by atoms with Crippen LogP contribution in [-0.2, 0) is 9.59 Å². The Kier molecular flexibility index (Phi) is 6.47. The summed E-state index contributed by atoms with van der Waals surface area (Å²) in [5.41, 5.74) is 2.16. The fraction of sp³-hybridized carbons (Fsp3) is 0.333. The van der Waals surface area contributed by atoms with E-state index in [-0.39, 0.29) is 11.3 Å². The molecule has 1 N–H and O–H groups in total. The van der Waals surface area contributed by atoms with Crippen LogP contribution in [0.25, 0.3) is 5.76 Å². The molecular weight excluding hydrogens is 369 g/mol. The molecule has 2 aromatic carbocycles. The maximum Gasteiger partial charge on any atom is 0.295 e. The van der Waals surface area contributed by atoms with Gasteiger partial charge in [0.05, 0.1) is 11.6 Å². The maximum absolute atomic E-state index is 13.5. The van der Waals surface area contributed by atoms with Gasteiger partial charge < -0.3 is 10.0 Å². The first-order chi connectivity index (χ1) is 13.9. The number of hydrogen-bond donors (Lipinski definition) is 1.